The fraction of sp³-hybridized carbons (Fsp3) is 0.448. The first-order chi connectivity index (χ1) is 17.9. The molecule has 0 aliphatic carbocycles. The molecular weight excluding hydrogens is 476 g/mol. The summed E-state index contributed by atoms with van der Waals surface area (Å²) in [4.78, 5) is 21.5. The van der Waals surface area contributed by atoms with E-state index < -0.39 is 11.6 Å². The van der Waals surface area contributed by atoms with Crippen LogP contribution in [0.2, 0.25) is 0 Å². The van der Waals surface area contributed by atoms with E-state index in [1.54, 1.807) is 0 Å². The van der Waals surface area contributed by atoms with Crippen LogP contribution in [0.4, 0.5) is 13.6 Å². The van der Waals surface area contributed by atoms with E-state index in [-0.39, 0.29) is 29.1 Å². The van der Waals surface area contributed by atoms with Crippen molar-refractivity contribution in [1.82, 2.24) is 9.80 Å². The van der Waals surface area contributed by atoms with E-state index in [0.717, 1.165) is 29.3 Å². The molecule has 0 aromatic heterocycles. The van der Waals surface area contributed by atoms with Gasteiger partial charge >= 0.3 is 6.03 Å². The molecule has 2 fully saturated rings. The van der Waals surface area contributed by atoms with Gasteiger partial charge in [-0.05, 0) is 37.1 Å². The molecule has 6 nitrogen and oxygen atoms in total. The Morgan fingerprint density at radius 2 is 1.73 bits per heavy atom. The van der Waals surface area contributed by atoms with Gasteiger partial charge in [0.2, 0.25) is 0 Å². The highest BCUT2D eigenvalue weighted by Crippen LogP contribution is 2.33. The number of ether oxygens (including phenoxy) is 2. The molecule has 2 saturated heterocycles. The number of piperidine rings is 1. The van der Waals surface area contributed by atoms with Crippen molar-refractivity contribution in [2.75, 3.05) is 46.5 Å². The van der Waals surface area contributed by atoms with E-state index in [2.05, 4.69) is 35.8 Å². The van der Waals surface area contributed by atoms with Crippen molar-refractivity contribution >= 4 is 17.6 Å². The molecule has 8 heteroatoms. The van der Waals surface area contributed by atoms with Crippen molar-refractivity contribution in [3.63, 3.8) is 0 Å². The molecule has 2 atom stereocenters. The number of methoxy groups -OCH3 is 1. The number of hydrogen-bond donors (Lipinski definition) is 0. The fourth-order valence-electron chi connectivity index (χ4n) is 4.68. The second-order valence-electron chi connectivity index (χ2n) is 9.05. The maximum Gasteiger partial charge on any atom is 0.320 e. The van der Waals surface area contributed by atoms with Crippen LogP contribution in [0.25, 0.3) is 5.70 Å². The van der Waals surface area contributed by atoms with Crippen molar-refractivity contribution in [2.24, 2.45) is 10.9 Å². The van der Waals surface area contributed by atoms with Crippen molar-refractivity contribution in [3.8, 4) is 0 Å². The van der Waals surface area contributed by atoms with E-state index in [0.29, 0.717) is 51.7 Å². The number of likely N-dealkylation sites (tertiary alicyclic amines) is 1. The highest BCUT2D eigenvalue weighted by Gasteiger charge is 2.36. The summed E-state index contributed by atoms with van der Waals surface area (Å²) in [6.45, 7) is 13.0. The molecular formula is C29H37F2N3O3. The molecule has 2 aromatic rings. The van der Waals surface area contributed by atoms with Crippen molar-refractivity contribution in [2.45, 2.75) is 33.1 Å². The van der Waals surface area contributed by atoms with Crippen LogP contribution in [0.15, 0.2) is 54.0 Å². The number of morpholine rings is 1. The SMILES string of the molecule is C=C(N=C(OC)C1CC(c2ccc(C)cc2)CN(C(=O)N2CCOCC2)C1)c1cc(F)ccc1F.CC. The molecule has 0 N–H and O–H groups in total. The maximum atomic E-state index is 14.3. The number of carbonyl (C=O) groups excluding carboxylic acids is 1. The van der Waals surface area contributed by atoms with E-state index in [4.69, 9.17) is 9.47 Å². The van der Waals surface area contributed by atoms with Crippen LogP contribution in [0.1, 0.15) is 42.9 Å². The molecule has 37 heavy (non-hydrogen) atoms. The van der Waals surface area contributed by atoms with Crippen LogP contribution in [-0.4, -0.2) is 68.2 Å². The first kappa shape index (κ1) is 28.3. The lowest BCUT2D eigenvalue weighted by atomic mass is 9.84. The number of aliphatic imine (C=N–C) groups is 1. The summed E-state index contributed by atoms with van der Waals surface area (Å²) >= 11 is 0. The Kier molecular flexibility index (Phi) is 10.2. The molecule has 2 aromatic carbocycles. The van der Waals surface area contributed by atoms with Gasteiger partial charge in [-0.1, -0.05) is 50.3 Å². The van der Waals surface area contributed by atoms with Crippen molar-refractivity contribution in [3.05, 3.63) is 77.4 Å². The molecule has 0 bridgehead atoms. The number of nitrogens with zero attached hydrogens (tertiary/aromatic N) is 3. The number of benzene rings is 2. The summed E-state index contributed by atoms with van der Waals surface area (Å²) in [6, 6.07) is 11.4. The Morgan fingerprint density at radius 3 is 2.38 bits per heavy atom. The summed E-state index contributed by atoms with van der Waals surface area (Å²) in [5.41, 5.74) is 2.34. The number of hydrogen-bond acceptors (Lipinski definition) is 4. The molecule has 4 rings (SSSR count). The van der Waals surface area contributed by atoms with Crippen LogP contribution >= 0.6 is 0 Å². The first-order valence-electron chi connectivity index (χ1n) is 12.8. The lowest BCUT2D eigenvalue weighted by Gasteiger charge is -2.41. The highest BCUT2D eigenvalue weighted by atomic mass is 19.1. The Morgan fingerprint density at radius 1 is 1.05 bits per heavy atom. The van der Waals surface area contributed by atoms with Crippen LogP contribution < -0.4 is 0 Å². The van der Waals surface area contributed by atoms with Gasteiger partial charge < -0.3 is 19.3 Å². The second-order valence-corrected chi connectivity index (χ2v) is 9.05. The third-order valence-electron chi connectivity index (χ3n) is 6.59. The van der Waals surface area contributed by atoms with E-state index in [1.807, 2.05) is 30.6 Å². The van der Waals surface area contributed by atoms with E-state index in [1.165, 1.54) is 7.11 Å². The smallest absolute Gasteiger partial charge is 0.320 e. The zero-order valence-corrected chi connectivity index (χ0v) is 22.2. The monoisotopic (exact) mass is 513 g/mol. The number of amides is 2. The number of halogens is 2. The number of urea groups is 1. The number of aryl methyl sites for hydroxylation is 1. The largest absolute Gasteiger partial charge is 0.484 e. The molecule has 2 aliphatic rings. The van der Waals surface area contributed by atoms with Gasteiger partial charge in [0.15, 0.2) is 5.90 Å². The minimum atomic E-state index is -0.610. The van der Waals surface area contributed by atoms with E-state index >= 15 is 0 Å². The standard InChI is InChI=1S/C27H31F2N3O3.C2H6/c1-18-4-6-20(7-5-18)21-14-22(17-32(16-21)27(33)31-10-12-35-13-11-31)26(34-3)30-19(2)24-15-23(28)8-9-25(24)29;1-2/h4-9,15,21-22H,2,10-14,16-17H2,1,3H3;1-2H3. The van der Waals surface area contributed by atoms with Crippen LogP contribution in [-0.2, 0) is 9.47 Å². The van der Waals surface area contributed by atoms with Gasteiger partial charge in [0.05, 0.1) is 31.9 Å². The highest BCUT2D eigenvalue weighted by molar-refractivity contribution is 5.86. The van der Waals surface area contributed by atoms with Crippen molar-refractivity contribution in [1.29, 1.82) is 0 Å². The average Bonchev–Trinajstić information content (AvgIpc) is 2.94. The van der Waals surface area contributed by atoms with Crippen LogP contribution in [0, 0.1) is 24.5 Å². The van der Waals surface area contributed by atoms with Gasteiger partial charge in [0.25, 0.3) is 0 Å². The zero-order valence-electron chi connectivity index (χ0n) is 22.2. The number of rotatable bonds is 4. The molecule has 2 amide bonds. The lowest BCUT2D eigenvalue weighted by Crippen LogP contribution is -2.53. The summed E-state index contributed by atoms with van der Waals surface area (Å²) < 4.78 is 39.1. The van der Waals surface area contributed by atoms with Gasteiger partial charge in [0, 0.05) is 37.7 Å². The Hall–Kier alpha value is -3.26. The van der Waals surface area contributed by atoms with Gasteiger partial charge in [-0.25, -0.2) is 18.6 Å². The Balaban J connectivity index is 0.00000186. The van der Waals surface area contributed by atoms with Crippen molar-refractivity contribution < 1.29 is 23.0 Å². The predicted octanol–water partition coefficient (Wildman–Crippen LogP) is 5.87. The van der Waals surface area contributed by atoms with Gasteiger partial charge in [-0.3, -0.25) is 0 Å². The molecule has 0 radical (unpaired) electrons. The van der Waals surface area contributed by atoms with Gasteiger partial charge in [0.1, 0.15) is 11.6 Å². The first-order valence-corrected chi connectivity index (χ1v) is 12.8. The third-order valence-corrected chi connectivity index (χ3v) is 6.59. The van der Waals surface area contributed by atoms with Gasteiger partial charge in [-0.15, -0.1) is 0 Å². The van der Waals surface area contributed by atoms with Gasteiger partial charge in [-0.2, -0.15) is 0 Å². The quantitative estimate of drug-likeness (QED) is 0.379. The van der Waals surface area contributed by atoms with E-state index in [9.17, 15) is 13.6 Å². The Labute approximate surface area is 218 Å². The Bertz CT molecular complexity index is 1100. The average molecular weight is 514 g/mol. The number of carbonyl (C=O) groups is 1. The minimum absolute atomic E-state index is 0.0216. The topological polar surface area (TPSA) is 54.4 Å². The minimum Gasteiger partial charge on any atom is -0.484 e. The molecule has 0 spiro atoms. The zero-order chi connectivity index (χ0) is 26.9. The fourth-order valence-corrected chi connectivity index (χ4v) is 4.68. The summed E-state index contributed by atoms with van der Waals surface area (Å²) in [6.07, 6.45) is 0.696. The summed E-state index contributed by atoms with van der Waals surface area (Å²) in [5.74, 6) is -1.01. The molecule has 2 aliphatic heterocycles. The van der Waals surface area contributed by atoms with Crippen LogP contribution in [0.3, 0.4) is 0 Å². The predicted molar refractivity (Wildman–Crippen MR) is 143 cm³/mol. The lowest BCUT2D eigenvalue weighted by molar-refractivity contribution is 0.0391. The molecule has 2 unspecified atom stereocenters. The molecule has 2 heterocycles. The van der Waals surface area contributed by atoms with Crippen LogP contribution in [0.5, 0.6) is 0 Å². The third kappa shape index (κ3) is 7.16. The summed E-state index contributed by atoms with van der Waals surface area (Å²) in [5, 5.41) is 0. The normalized spacial score (nSPS) is 20.1. The maximum absolute atomic E-state index is 14.3. The molecule has 0 saturated carbocycles. The summed E-state index contributed by atoms with van der Waals surface area (Å²) in [7, 11) is 1.50. The second kappa shape index (κ2) is 13.3. The molecule has 200 valence electrons.